The van der Waals surface area contributed by atoms with Crippen LogP contribution in [0.5, 0.6) is 0 Å². The average Bonchev–Trinajstić information content (AvgIpc) is 2.79. The molecule has 2 aromatic rings. The van der Waals surface area contributed by atoms with E-state index in [1.54, 1.807) is 16.6 Å². The fourth-order valence-corrected chi connectivity index (χ4v) is 1.90. The van der Waals surface area contributed by atoms with Gasteiger partial charge in [-0.25, -0.2) is 9.67 Å². The van der Waals surface area contributed by atoms with Gasteiger partial charge in [-0.15, -0.1) is 5.10 Å². The Morgan fingerprint density at radius 1 is 1.25 bits per heavy atom. The number of aromatic nitrogens is 3. The van der Waals surface area contributed by atoms with Gasteiger partial charge < -0.3 is 4.90 Å². The van der Waals surface area contributed by atoms with E-state index in [1.165, 1.54) is 0 Å². The summed E-state index contributed by atoms with van der Waals surface area (Å²) in [7, 11) is 1.76. The normalized spacial score (nSPS) is 10.9. The highest BCUT2D eigenvalue weighted by Gasteiger charge is 2.20. The standard InChI is InChI=1S/C15H20N4O/c1-10(2)18(5)15(20)14-16-12(4)19(17-14)13-9-7-6-8-11(13)3/h6-10H,1-5H3. The molecule has 0 N–H and O–H groups in total. The van der Waals surface area contributed by atoms with E-state index in [2.05, 4.69) is 10.1 Å². The van der Waals surface area contributed by atoms with Gasteiger partial charge >= 0.3 is 0 Å². The van der Waals surface area contributed by atoms with Crippen LogP contribution in [0, 0.1) is 13.8 Å². The van der Waals surface area contributed by atoms with E-state index in [4.69, 9.17) is 0 Å². The predicted molar refractivity (Wildman–Crippen MR) is 78.1 cm³/mol. The molecule has 20 heavy (non-hydrogen) atoms. The second-order valence-electron chi connectivity index (χ2n) is 5.19. The molecule has 2 rings (SSSR count). The molecule has 0 radical (unpaired) electrons. The first-order valence-corrected chi connectivity index (χ1v) is 6.68. The number of aryl methyl sites for hydroxylation is 2. The van der Waals surface area contributed by atoms with Crippen LogP contribution in [0.1, 0.15) is 35.9 Å². The van der Waals surface area contributed by atoms with Crippen LogP contribution in [-0.4, -0.2) is 38.7 Å². The van der Waals surface area contributed by atoms with Crippen LogP contribution in [0.15, 0.2) is 24.3 Å². The molecule has 0 aliphatic heterocycles. The van der Waals surface area contributed by atoms with E-state index in [0.29, 0.717) is 5.82 Å². The van der Waals surface area contributed by atoms with Crippen LogP contribution < -0.4 is 0 Å². The molecule has 1 aromatic heterocycles. The third-order valence-electron chi connectivity index (χ3n) is 3.40. The SMILES string of the molecule is Cc1ccccc1-n1nc(C(=O)N(C)C(C)C)nc1C. The van der Waals surface area contributed by atoms with Crippen molar-refractivity contribution in [2.75, 3.05) is 7.05 Å². The molecule has 0 atom stereocenters. The highest BCUT2D eigenvalue weighted by Crippen LogP contribution is 2.15. The molecule has 0 saturated heterocycles. The van der Waals surface area contributed by atoms with Crippen LogP contribution in [0.25, 0.3) is 5.69 Å². The lowest BCUT2D eigenvalue weighted by molar-refractivity contribution is 0.0742. The summed E-state index contributed by atoms with van der Waals surface area (Å²) < 4.78 is 1.72. The molecule has 5 heteroatoms. The third-order valence-corrected chi connectivity index (χ3v) is 3.40. The summed E-state index contributed by atoms with van der Waals surface area (Å²) in [5.74, 6) is 0.789. The van der Waals surface area contributed by atoms with Crippen molar-refractivity contribution < 1.29 is 4.79 Å². The van der Waals surface area contributed by atoms with Crippen molar-refractivity contribution in [1.29, 1.82) is 0 Å². The van der Waals surface area contributed by atoms with Crippen molar-refractivity contribution in [2.45, 2.75) is 33.7 Å². The van der Waals surface area contributed by atoms with E-state index < -0.39 is 0 Å². The summed E-state index contributed by atoms with van der Waals surface area (Å²) in [5.41, 5.74) is 2.04. The second kappa shape index (κ2) is 5.45. The van der Waals surface area contributed by atoms with Crippen LogP contribution in [-0.2, 0) is 0 Å². The summed E-state index contributed by atoms with van der Waals surface area (Å²) >= 11 is 0. The number of hydrogen-bond donors (Lipinski definition) is 0. The fraction of sp³-hybridized carbons (Fsp3) is 0.400. The molecule has 0 spiro atoms. The minimum atomic E-state index is -0.157. The first-order valence-electron chi connectivity index (χ1n) is 6.68. The van der Waals surface area contributed by atoms with Crippen LogP contribution in [0.2, 0.25) is 0 Å². The number of carbonyl (C=O) groups excluding carboxylic acids is 1. The number of para-hydroxylation sites is 1. The van der Waals surface area contributed by atoms with E-state index in [0.717, 1.165) is 11.3 Å². The number of nitrogens with zero attached hydrogens (tertiary/aromatic N) is 4. The van der Waals surface area contributed by atoms with Gasteiger partial charge in [-0.05, 0) is 39.3 Å². The molecule has 0 aliphatic carbocycles. The summed E-state index contributed by atoms with van der Waals surface area (Å²) in [5, 5.41) is 4.36. The van der Waals surface area contributed by atoms with Crippen molar-refractivity contribution in [3.63, 3.8) is 0 Å². The van der Waals surface area contributed by atoms with Gasteiger partial charge in [0.25, 0.3) is 5.91 Å². The molecule has 5 nitrogen and oxygen atoms in total. The number of carbonyl (C=O) groups is 1. The molecule has 0 bridgehead atoms. The Hall–Kier alpha value is -2.17. The van der Waals surface area contributed by atoms with Crippen molar-refractivity contribution in [3.05, 3.63) is 41.5 Å². The summed E-state index contributed by atoms with van der Waals surface area (Å²) in [6.07, 6.45) is 0. The van der Waals surface area contributed by atoms with Crippen molar-refractivity contribution in [3.8, 4) is 5.69 Å². The zero-order valence-electron chi connectivity index (χ0n) is 12.6. The third kappa shape index (κ3) is 2.57. The zero-order chi connectivity index (χ0) is 14.9. The lowest BCUT2D eigenvalue weighted by Gasteiger charge is -2.19. The van der Waals surface area contributed by atoms with Gasteiger partial charge in [-0.1, -0.05) is 18.2 Å². The van der Waals surface area contributed by atoms with E-state index >= 15 is 0 Å². The minimum absolute atomic E-state index is 0.119. The Balaban J connectivity index is 2.41. The molecule has 0 unspecified atom stereocenters. The van der Waals surface area contributed by atoms with E-state index in [-0.39, 0.29) is 17.8 Å². The summed E-state index contributed by atoms with van der Waals surface area (Å²) in [6.45, 7) is 7.79. The summed E-state index contributed by atoms with van der Waals surface area (Å²) in [6, 6.07) is 8.03. The average molecular weight is 272 g/mol. The smallest absolute Gasteiger partial charge is 0.293 e. The fourth-order valence-electron chi connectivity index (χ4n) is 1.90. The first kappa shape index (κ1) is 14.2. The Kier molecular flexibility index (Phi) is 3.88. The molecule has 1 aromatic carbocycles. The predicted octanol–water partition coefficient (Wildman–Crippen LogP) is 2.36. The maximum Gasteiger partial charge on any atom is 0.293 e. The Labute approximate surface area is 119 Å². The molecule has 106 valence electrons. The zero-order valence-corrected chi connectivity index (χ0v) is 12.6. The van der Waals surface area contributed by atoms with Gasteiger partial charge in [-0.2, -0.15) is 0 Å². The molecule has 0 aliphatic rings. The van der Waals surface area contributed by atoms with Gasteiger partial charge in [0.1, 0.15) is 5.82 Å². The van der Waals surface area contributed by atoms with Gasteiger partial charge in [0.15, 0.2) is 0 Å². The Morgan fingerprint density at radius 3 is 2.50 bits per heavy atom. The van der Waals surface area contributed by atoms with Crippen LogP contribution >= 0.6 is 0 Å². The number of hydrogen-bond acceptors (Lipinski definition) is 3. The second-order valence-corrected chi connectivity index (χ2v) is 5.19. The molecule has 1 amide bonds. The van der Waals surface area contributed by atoms with Gasteiger partial charge in [0.05, 0.1) is 5.69 Å². The van der Waals surface area contributed by atoms with E-state index in [1.807, 2.05) is 52.0 Å². The van der Waals surface area contributed by atoms with E-state index in [9.17, 15) is 4.79 Å². The lowest BCUT2D eigenvalue weighted by Crippen LogP contribution is -2.33. The number of benzene rings is 1. The molecule has 0 fully saturated rings. The first-order chi connectivity index (χ1) is 9.41. The number of amides is 1. The molecule has 0 saturated carbocycles. The quantitative estimate of drug-likeness (QED) is 0.862. The molecular formula is C15H20N4O. The highest BCUT2D eigenvalue weighted by atomic mass is 16.2. The number of rotatable bonds is 3. The lowest BCUT2D eigenvalue weighted by atomic mass is 10.2. The Morgan fingerprint density at radius 2 is 1.90 bits per heavy atom. The minimum Gasteiger partial charge on any atom is -0.337 e. The highest BCUT2D eigenvalue weighted by molar-refractivity contribution is 5.90. The monoisotopic (exact) mass is 272 g/mol. The van der Waals surface area contributed by atoms with Crippen LogP contribution in [0.4, 0.5) is 0 Å². The van der Waals surface area contributed by atoms with Crippen molar-refractivity contribution >= 4 is 5.91 Å². The maximum absolute atomic E-state index is 12.3. The maximum atomic E-state index is 12.3. The van der Waals surface area contributed by atoms with Gasteiger partial charge in [-0.3, -0.25) is 4.79 Å². The van der Waals surface area contributed by atoms with Gasteiger partial charge in [0, 0.05) is 13.1 Å². The molecular weight excluding hydrogens is 252 g/mol. The van der Waals surface area contributed by atoms with Crippen molar-refractivity contribution in [2.24, 2.45) is 0 Å². The van der Waals surface area contributed by atoms with Gasteiger partial charge in [0.2, 0.25) is 5.82 Å². The molecule has 1 heterocycles. The largest absolute Gasteiger partial charge is 0.337 e. The Bertz CT molecular complexity index is 631. The topological polar surface area (TPSA) is 51.0 Å². The van der Waals surface area contributed by atoms with Crippen LogP contribution in [0.3, 0.4) is 0 Å². The summed E-state index contributed by atoms with van der Waals surface area (Å²) in [4.78, 5) is 18.2. The van der Waals surface area contributed by atoms with Crippen molar-refractivity contribution in [1.82, 2.24) is 19.7 Å².